The maximum Gasteiger partial charge on any atom is 0.130 e. The third-order valence-corrected chi connectivity index (χ3v) is 2.93. The van der Waals surface area contributed by atoms with Gasteiger partial charge in [-0.05, 0) is 31.7 Å². The molecule has 2 aromatic rings. The molecule has 1 N–H and O–H groups in total. The summed E-state index contributed by atoms with van der Waals surface area (Å²) in [5.74, 6) is 0.712. The predicted molar refractivity (Wildman–Crippen MR) is 65.3 cm³/mol. The molecule has 2 rings (SSSR count). The van der Waals surface area contributed by atoms with Crippen molar-refractivity contribution in [1.82, 2.24) is 5.32 Å². The van der Waals surface area contributed by atoms with Gasteiger partial charge in [0.15, 0.2) is 0 Å². The molecule has 0 aliphatic carbocycles. The van der Waals surface area contributed by atoms with Crippen molar-refractivity contribution >= 4 is 0 Å². The first-order valence-corrected chi connectivity index (χ1v) is 5.67. The Morgan fingerprint density at radius 2 is 2.12 bits per heavy atom. The van der Waals surface area contributed by atoms with Crippen molar-refractivity contribution in [1.29, 1.82) is 0 Å². The average Bonchev–Trinajstić information content (AvgIpc) is 2.83. The molecule has 0 fully saturated rings. The Bertz CT molecular complexity index is 479. The second kappa shape index (κ2) is 5.15. The first-order chi connectivity index (χ1) is 8.22. The SMILES string of the molecule is CNC(Cc1ccco1)c1cccc(C)c1F. The van der Waals surface area contributed by atoms with E-state index in [1.165, 1.54) is 0 Å². The smallest absolute Gasteiger partial charge is 0.130 e. The summed E-state index contributed by atoms with van der Waals surface area (Å²) in [6, 6.07) is 9.14. The van der Waals surface area contributed by atoms with Gasteiger partial charge in [-0.25, -0.2) is 4.39 Å². The zero-order valence-electron chi connectivity index (χ0n) is 10.0. The van der Waals surface area contributed by atoms with E-state index in [2.05, 4.69) is 5.32 Å². The number of rotatable bonds is 4. The topological polar surface area (TPSA) is 25.2 Å². The Labute approximate surface area is 100 Å². The van der Waals surface area contributed by atoms with E-state index in [0.29, 0.717) is 17.5 Å². The Morgan fingerprint density at radius 3 is 2.76 bits per heavy atom. The minimum absolute atomic E-state index is 0.0685. The lowest BCUT2D eigenvalue weighted by Gasteiger charge is -2.17. The van der Waals surface area contributed by atoms with Gasteiger partial charge in [0.1, 0.15) is 11.6 Å². The second-order valence-electron chi connectivity index (χ2n) is 4.10. The van der Waals surface area contributed by atoms with Crippen LogP contribution < -0.4 is 5.32 Å². The van der Waals surface area contributed by atoms with Crippen LogP contribution in [0.25, 0.3) is 0 Å². The summed E-state index contributed by atoms with van der Waals surface area (Å²) in [7, 11) is 1.83. The Morgan fingerprint density at radius 1 is 1.29 bits per heavy atom. The third-order valence-electron chi connectivity index (χ3n) is 2.93. The molecule has 0 radical (unpaired) electrons. The summed E-state index contributed by atoms with van der Waals surface area (Å²) in [6.07, 6.45) is 2.28. The minimum Gasteiger partial charge on any atom is -0.469 e. The Balaban J connectivity index is 2.26. The molecule has 0 aliphatic heterocycles. The number of benzene rings is 1. The van der Waals surface area contributed by atoms with E-state index < -0.39 is 0 Å². The summed E-state index contributed by atoms with van der Waals surface area (Å²) < 4.78 is 19.3. The van der Waals surface area contributed by atoms with E-state index in [4.69, 9.17) is 4.42 Å². The largest absolute Gasteiger partial charge is 0.469 e. The highest BCUT2D eigenvalue weighted by atomic mass is 19.1. The van der Waals surface area contributed by atoms with E-state index in [1.807, 2.05) is 31.3 Å². The maximum atomic E-state index is 14.0. The number of halogens is 1. The molecule has 0 amide bonds. The van der Waals surface area contributed by atoms with Crippen LogP contribution in [0.3, 0.4) is 0 Å². The molecule has 90 valence electrons. The molecule has 1 heterocycles. The van der Waals surface area contributed by atoms with E-state index in [0.717, 1.165) is 5.76 Å². The van der Waals surface area contributed by atoms with E-state index >= 15 is 0 Å². The van der Waals surface area contributed by atoms with Crippen molar-refractivity contribution in [2.24, 2.45) is 0 Å². The fourth-order valence-corrected chi connectivity index (χ4v) is 1.94. The molecular formula is C14H16FNO. The minimum atomic E-state index is -0.140. The zero-order chi connectivity index (χ0) is 12.3. The van der Waals surface area contributed by atoms with Gasteiger partial charge in [0.2, 0.25) is 0 Å². The maximum absolute atomic E-state index is 14.0. The second-order valence-corrected chi connectivity index (χ2v) is 4.10. The van der Waals surface area contributed by atoms with Gasteiger partial charge >= 0.3 is 0 Å². The van der Waals surface area contributed by atoms with Crippen molar-refractivity contribution in [2.75, 3.05) is 7.05 Å². The lowest BCUT2D eigenvalue weighted by atomic mass is 10.00. The highest BCUT2D eigenvalue weighted by Crippen LogP contribution is 2.23. The van der Waals surface area contributed by atoms with Gasteiger partial charge in [0, 0.05) is 18.0 Å². The molecule has 2 nitrogen and oxygen atoms in total. The summed E-state index contributed by atoms with van der Waals surface area (Å²) in [4.78, 5) is 0. The van der Waals surface area contributed by atoms with Gasteiger partial charge in [-0.3, -0.25) is 0 Å². The highest BCUT2D eigenvalue weighted by molar-refractivity contribution is 5.28. The quantitative estimate of drug-likeness (QED) is 0.877. The van der Waals surface area contributed by atoms with Gasteiger partial charge < -0.3 is 9.73 Å². The number of furan rings is 1. The summed E-state index contributed by atoms with van der Waals surface area (Å²) in [5.41, 5.74) is 1.35. The molecule has 17 heavy (non-hydrogen) atoms. The van der Waals surface area contributed by atoms with Gasteiger partial charge in [-0.2, -0.15) is 0 Å². The lowest BCUT2D eigenvalue weighted by Crippen LogP contribution is -2.20. The van der Waals surface area contributed by atoms with Crippen molar-refractivity contribution in [3.63, 3.8) is 0 Å². The van der Waals surface area contributed by atoms with Crippen LogP contribution in [0.5, 0.6) is 0 Å². The molecule has 0 bridgehead atoms. The molecule has 1 aromatic heterocycles. The molecule has 1 atom stereocenters. The van der Waals surface area contributed by atoms with Crippen molar-refractivity contribution in [3.8, 4) is 0 Å². The number of hydrogen-bond donors (Lipinski definition) is 1. The lowest BCUT2D eigenvalue weighted by molar-refractivity contribution is 0.455. The van der Waals surface area contributed by atoms with Crippen LogP contribution in [-0.4, -0.2) is 7.05 Å². The van der Waals surface area contributed by atoms with E-state index in [-0.39, 0.29) is 11.9 Å². The van der Waals surface area contributed by atoms with Crippen molar-refractivity contribution in [2.45, 2.75) is 19.4 Å². The molecular weight excluding hydrogens is 217 g/mol. The van der Waals surface area contributed by atoms with Gasteiger partial charge in [-0.1, -0.05) is 18.2 Å². The third kappa shape index (κ3) is 2.56. The number of nitrogens with one attached hydrogen (secondary N) is 1. The van der Waals surface area contributed by atoms with Gasteiger partial charge in [0.25, 0.3) is 0 Å². The monoisotopic (exact) mass is 233 g/mol. The summed E-state index contributed by atoms with van der Waals surface area (Å²) in [5, 5.41) is 3.12. The normalized spacial score (nSPS) is 12.6. The van der Waals surface area contributed by atoms with E-state index in [9.17, 15) is 4.39 Å². The van der Waals surface area contributed by atoms with E-state index in [1.54, 1.807) is 19.3 Å². The Hall–Kier alpha value is -1.61. The van der Waals surface area contributed by atoms with Crippen molar-refractivity contribution < 1.29 is 8.81 Å². The number of hydrogen-bond acceptors (Lipinski definition) is 2. The Kier molecular flexibility index (Phi) is 3.59. The summed E-state index contributed by atoms with van der Waals surface area (Å²) >= 11 is 0. The first-order valence-electron chi connectivity index (χ1n) is 5.67. The van der Waals surface area contributed by atoms with Crippen LogP contribution in [0.4, 0.5) is 4.39 Å². The molecule has 1 unspecified atom stereocenters. The first kappa shape index (κ1) is 11.9. The molecule has 0 saturated carbocycles. The fourth-order valence-electron chi connectivity index (χ4n) is 1.94. The van der Waals surface area contributed by atoms with Crippen LogP contribution in [0, 0.1) is 12.7 Å². The van der Waals surface area contributed by atoms with Crippen molar-refractivity contribution in [3.05, 3.63) is 59.3 Å². The molecule has 0 spiro atoms. The number of likely N-dealkylation sites (N-methyl/N-ethyl adjacent to an activating group) is 1. The van der Waals surface area contributed by atoms with Crippen LogP contribution >= 0.6 is 0 Å². The molecule has 0 aliphatic rings. The van der Waals surface area contributed by atoms with Crippen LogP contribution in [0.1, 0.15) is 22.9 Å². The molecule has 0 saturated heterocycles. The predicted octanol–water partition coefficient (Wildman–Crippen LogP) is 3.23. The fraction of sp³-hybridized carbons (Fsp3) is 0.286. The summed E-state index contributed by atoms with van der Waals surface area (Å²) in [6.45, 7) is 1.78. The molecule has 1 aromatic carbocycles. The van der Waals surface area contributed by atoms with Crippen LogP contribution in [0.2, 0.25) is 0 Å². The average molecular weight is 233 g/mol. The van der Waals surface area contributed by atoms with Crippen LogP contribution in [0.15, 0.2) is 41.0 Å². The zero-order valence-corrected chi connectivity index (χ0v) is 10.0. The van der Waals surface area contributed by atoms with Crippen LogP contribution in [-0.2, 0) is 6.42 Å². The van der Waals surface area contributed by atoms with Gasteiger partial charge in [-0.15, -0.1) is 0 Å². The standard InChI is InChI=1S/C14H16FNO/c1-10-5-3-7-12(14(10)15)13(16-2)9-11-6-4-8-17-11/h3-8,13,16H,9H2,1-2H3. The molecule has 3 heteroatoms. The number of aryl methyl sites for hydroxylation is 1. The highest BCUT2D eigenvalue weighted by Gasteiger charge is 2.16. The van der Waals surface area contributed by atoms with Gasteiger partial charge in [0.05, 0.1) is 6.26 Å².